The number of carbonyl (C=O) groups excluding carboxylic acids is 2. The first-order chi connectivity index (χ1) is 11.9. The Morgan fingerprint density at radius 1 is 1.08 bits per heavy atom. The first kappa shape index (κ1) is 18.3. The van der Waals surface area contributed by atoms with Crippen molar-refractivity contribution >= 4 is 11.9 Å². The van der Waals surface area contributed by atoms with Gasteiger partial charge in [-0.25, -0.2) is 4.79 Å². The molecule has 1 amide bonds. The molecule has 2 aromatic carbocycles. The largest absolute Gasteiger partial charge is 0.507 e. The molecule has 0 saturated heterocycles. The maximum absolute atomic E-state index is 12.2. The van der Waals surface area contributed by atoms with Crippen LogP contribution in [-0.4, -0.2) is 30.2 Å². The van der Waals surface area contributed by atoms with Crippen LogP contribution in [0, 0.1) is 0 Å². The summed E-state index contributed by atoms with van der Waals surface area (Å²) in [6.07, 6.45) is -1.000. The molecule has 2 aromatic rings. The van der Waals surface area contributed by atoms with Gasteiger partial charge in [0.05, 0.1) is 13.2 Å². The highest BCUT2D eigenvalue weighted by Crippen LogP contribution is 2.24. The van der Waals surface area contributed by atoms with Crippen molar-refractivity contribution < 1.29 is 24.2 Å². The van der Waals surface area contributed by atoms with E-state index in [4.69, 9.17) is 9.47 Å². The summed E-state index contributed by atoms with van der Waals surface area (Å²) in [5, 5.41) is 12.6. The van der Waals surface area contributed by atoms with Crippen LogP contribution in [0.25, 0.3) is 0 Å². The summed E-state index contributed by atoms with van der Waals surface area (Å²) in [7, 11) is 1.45. The van der Waals surface area contributed by atoms with Gasteiger partial charge in [0.1, 0.15) is 17.1 Å². The number of phenols is 1. The Kier molecular flexibility index (Phi) is 6.00. The fourth-order valence-corrected chi connectivity index (χ4v) is 2.24. The highest BCUT2D eigenvalue weighted by molar-refractivity contribution is 5.94. The minimum atomic E-state index is -1.000. The third-order valence-corrected chi connectivity index (χ3v) is 3.74. The topological polar surface area (TPSA) is 84.9 Å². The molecule has 6 heteroatoms. The molecule has 0 saturated carbocycles. The average Bonchev–Trinajstić information content (AvgIpc) is 2.61. The smallest absolute Gasteiger partial charge is 0.342 e. The number of rotatable bonds is 6. The summed E-state index contributed by atoms with van der Waals surface area (Å²) >= 11 is 0. The van der Waals surface area contributed by atoms with Crippen molar-refractivity contribution in [2.75, 3.05) is 7.11 Å². The van der Waals surface area contributed by atoms with Gasteiger partial charge < -0.3 is 19.9 Å². The zero-order valence-corrected chi connectivity index (χ0v) is 14.4. The Balaban J connectivity index is 1.97. The minimum absolute atomic E-state index is 0.0310. The van der Waals surface area contributed by atoms with E-state index < -0.39 is 18.0 Å². The monoisotopic (exact) mass is 343 g/mol. The number of phenolic OH excluding ortho intramolecular Hbond substituents is 1. The third-order valence-electron chi connectivity index (χ3n) is 3.74. The predicted molar refractivity (Wildman–Crippen MR) is 92.5 cm³/mol. The maximum atomic E-state index is 12.2. The second-order valence-electron chi connectivity index (χ2n) is 5.57. The quantitative estimate of drug-likeness (QED) is 0.788. The Morgan fingerprint density at radius 2 is 1.76 bits per heavy atom. The van der Waals surface area contributed by atoms with Crippen LogP contribution >= 0.6 is 0 Å². The van der Waals surface area contributed by atoms with Gasteiger partial charge in [-0.3, -0.25) is 4.79 Å². The van der Waals surface area contributed by atoms with Gasteiger partial charge in [-0.05, 0) is 31.5 Å². The van der Waals surface area contributed by atoms with Gasteiger partial charge in [0, 0.05) is 6.07 Å². The van der Waals surface area contributed by atoms with E-state index in [0.717, 1.165) is 5.56 Å². The third kappa shape index (κ3) is 4.73. The summed E-state index contributed by atoms with van der Waals surface area (Å²) in [4.78, 5) is 24.3. The SMILES string of the molecule is COc1ccc(C(=O)OC(C)C(=O)NC(C)c2ccccc2)c(O)c1. The van der Waals surface area contributed by atoms with Crippen LogP contribution in [-0.2, 0) is 9.53 Å². The summed E-state index contributed by atoms with van der Waals surface area (Å²) in [6.45, 7) is 3.32. The van der Waals surface area contributed by atoms with Crippen molar-refractivity contribution in [1.29, 1.82) is 0 Å². The second kappa shape index (κ2) is 8.19. The summed E-state index contributed by atoms with van der Waals surface area (Å²) in [6, 6.07) is 13.5. The van der Waals surface area contributed by atoms with Crippen LogP contribution in [0.15, 0.2) is 48.5 Å². The van der Waals surface area contributed by atoms with E-state index in [1.54, 1.807) is 0 Å². The van der Waals surface area contributed by atoms with Crippen molar-refractivity contribution in [3.8, 4) is 11.5 Å². The van der Waals surface area contributed by atoms with E-state index in [1.807, 2.05) is 37.3 Å². The zero-order chi connectivity index (χ0) is 18.4. The number of methoxy groups -OCH3 is 1. The lowest BCUT2D eigenvalue weighted by Crippen LogP contribution is -2.37. The number of hydrogen-bond donors (Lipinski definition) is 2. The van der Waals surface area contributed by atoms with Crippen LogP contribution in [0.2, 0.25) is 0 Å². The average molecular weight is 343 g/mol. The molecule has 0 fully saturated rings. The van der Waals surface area contributed by atoms with Gasteiger partial charge in [0.15, 0.2) is 6.10 Å². The Morgan fingerprint density at radius 3 is 2.36 bits per heavy atom. The fourth-order valence-electron chi connectivity index (χ4n) is 2.24. The molecule has 2 rings (SSSR count). The lowest BCUT2D eigenvalue weighted by molar-refractivity contribution is -0.129. The van der Waals surface area contributed by atoms with E-state index in [-0.39, 0.29) is 17.4 Å². The molecular formula is C19H21NO5. The number of carbonyl (C=O) groups is 2. The molecule has 0 heterocycles. The number of benzene rings is 2. The molecule has 2 unspecified atom stereocenters. The second-order valence-corrected chi connectivity index (χ2v) is 5.57. The van der Waals surface area contributed by atoms with Crippen LogP contribution in [0.3, 0.4) is 0 Å². The van der Waals surface area contributed by atoms with Gasteiger partial charge >= 0.3 is 5.97 Å². The maximum Gasteiger partial charge on any atom is 0.342 e. The number of nitrogens with one attached hydrogen (secondary N) is 1. The zero-order valence-electron chi connectivity index (χ0n) is 14.4. The minimum Gasteiger partial charge on any atom is -0.507 e. The van der Waals surface area contributed by atoms with Crippen molar-refractivity contribution in [3.63, 3.8) is 0 Å². The molecule has 0 spiro atoms. The molecule has 6 nitrogen and oxygen atoms in total. The number of ether oxygens (including phenoxy) is 2. The van der Waals surface area contributed by atoms with Gasteiger partial charge in [-0.15, -0.1) is 0 Å². The molecular weight excluding hydrogens is 322 g/mol. The standard InChI is InChI=1S/C19H21NO5/c1-12(14-7-5-4-6-8-14)20-18(22)13(2)25-19(23)16-10-9-15(24-3)11-17(16)21/h4-13,21H,1-3H3,(H,20,22). The Hall–Kier alpha value is -3.02. The van der Waals surface area contributed by atoms with Crippen molar-refractivity contribution in [2.45, 2.75) is 26.0 Å². The van der Waals surface area contributed by atoms with Crippen LogP contribution in [0.4, 0.5) is 0 Å². The molecule has 0 aromatic heterocycles. The van der Waals surface area contributed by atoms with Crippen LogP contribution in [0.5, 0.6) is 11.5 Å². The van der Waals surface area contributed by atoms with Crippen molar-refractivity contribution in [2.24, 2.45) is 0 Å². The summed E-state index contributed by atoms with van der Waals surface area (Å²) in [5.74, 6) is -1.06. The van der Waals surface area contributed by atoms with Gasteiger partial charge in [-0.1, -0.05) is 30.3 Å². The summed E-state index contributed by atoms with van der Waals surface area (Å²) < 4.78 is 10.1. The highest BCUT2D eigenvalue weighted by atomic mass is 16.5. The molecule has 0 radical (unpaired) electrons. The lowest BCUT2D eigenvalue weighted by atomic mass is 10.1. The van der Waals surface area contributed by atoms with E-state index in [1.165, 1.54) is 32.2 Å². The molecule has 2 atom stereocenters. The van der Waals surface area contributed by atoms with Crippen LogP contribution < -0.4 is 10.1 Å². The van der Waals surface area contributed by atoms with Gasteiger partial charge in [-0.2, -0.15) is 0 Å². The molecule has 132 valence electrons. The molecule has 0 aliphatic heterocycles. The molecule has 2 N–H and O–H groups in total. The van der Waals surface area contributed by atoms with Crippen LogP contribution in [0.1, 0.15) is 35.8 Å². The normalized spacial score (nSPS) is 12.8. The number of aromatic hydroxyl groups is 1. The molecule has 25 heavy (non-hydrogen) atoms. The highest BCUT2D eigenvalue weighted by Gasteiger charge is 2.22. The summed E-state index contributed by atoms with van der Waals surface area (Å²) in [5.41, 5.74) is 0.915. The molecule has 0 aliphatic rings. The van der Waals surface area contributed by atoms with E-state index >= 15 is 0 Å². The molecule has 0 bridgehead atoms. The fraction of sp³-hybridized carbons (Fsp3) is 0.263. The number of esters is 1. The Bertz CT molecular complexity index is 745. The first-order valence-corrected chi connectivity index (χ1v) is 7.85. The predicted octanol–water partition coefficient (Wildman–Crippen LogP) is 2.82. The van der Waals surface area contributed by atoms with E-state index in [0.29, 0.717) is 5.75 Å². The van der Waals surface area contributed by atoms with Crippen molar-refractivity contribution in [3.05, 3.63) is 59.7 Å². The van der Waals surface area contributed by atoms with Gasteiger partial charge in [0.25, 0.3) is 5.91 Å². The number of amides is 1. The van der Waals surface area contributed by atoms with Crippen molar-refractivity contribution in [1.82, 2.24) is 5.32 Å². The van der Waals surface area contributed by atoms with E-state index in [9.17, 15) is 14.7 Å². The Labute approximate surface area is 146 Å². The van der Waals surface area contributed by atoms with Gasteiger partial charge in [0.2, 0.25) is 0 Å². The molecule has 0 aliphatic carbocycles. The van der Waals surface area contributed by atoms with E-state index in [2.05, 4.69) is 5.32 Å². The first-order valence-electron chi connectivity index (χ1n) is 7.85. The number of hydrogen-bond acceptors (Lipinski definition) is 5. The lowest BCUT2D eigenvalue weighted by Gasteiger charge is -2.18.